The van der Waals surface area contributed by atoms with Gasteiger partial charge in [-0.2, -0.15) is 0 Å². The molecule has 1 N–H and O–H groups in total. The number of carbonyl (C=O) groups excluding carboxylic acids is 2. The Bertz CT molecular complexity index is 910. The summed E-state index contributed by atoms with van der Waals surface area (Å²) in [6, 6.07) is 3.84. The highest BCUT2D eigenvalue weighted by molar-refractivity contribution is 7.89. The molecular formula is C20H29ClN4O5S. The molecule has 1 aromatic carbocycles. The highest BCUT2D eigenvalue weighted by atomic mass is 35.5. The predicted octanol–water partition coefficient (Wildman–Crippen LogP) is 0.643. The molecule has 2 aliphatic rings. The maximum atomic E-state index is 13.0. The number of hydrogen-bond donors (Lipinski definition) is 1. The normalized spacial score (nSPS) is 18.5. The van der Waals surface area contributed by atoms with E-state index in [1.54, 1.807) is 23.6 Å². The smallest absolute Gasteiger partial charge is 0.255 e. The molecule has 3 rings (SSSR count). The Morgan fingerprint density at radius 1 is 1.06 bits per heavy atom. The standard InChI is InChI=1S/C20H29ClN4O5S/c1-15(2)22-31(28,29)16-3-4-18(21)17(13-16)20(27)25-7-5-24(6-8-25)19(26)14-23-9-11-30-12-10-23/h3-4,13,15,22H,5-12,14H2,1-2H3. The average molecular weight is 473 g/mol. The van der Waals surface area contributed by atoms with Crippen LogP contribution in [0, 0.1) is 0 Å². The Labute approximate surface area is 188 Å². The molecule has 2 fully saturated rings. The van der Waals surface area contributed by atoms with Gasteiger partial charge in [0.2, 0.25) is 15.9 Å². The van der Waals surface area contributed by atoms with Gasteiger partial charge in [-0.05, 0) is 32.0 Å². The predicted molar refractivity (Wildman–Crippen MR) is 117 cm³/mol. The molecule has 2 saturated heterocycles. The number of rotatable bonds is 6. The molecule has 31 heavy (non-hydrogen) atoms. The third-order valence-electron chi connectivity index (χ3n) is 5.25. The summed E-state index contributed by atoms with van der Waals surface area (Å²) in [6.45, 7) is 8.15. The first-order chi connectivity index (χ1) is 14.7. The van der Waals surface area contributed by atoms with E-state index in [2.05, 4.69) is 9.62 Å². The Hall–Kier alpha value is -1.72. The second kappa shape index (κ2) is 10.3. The van der Waals surface area contributed by atoms with Crippen molar-refractivity contribution in [3.63, 3.8) is 0 Å². The van der Waals surface area contributed by atoms with Crippen molar-refractivity contribution in [2.24, 2.45) is 0 Å². The lowest BCUT2D eigenvalue weighted by molar-refractivity contribution is -0.134. The number of benzene rings is 1. The highest BCUT2D eigenvalue weighted by Crippen LogP contribution is 2.23. The first-order valence-corrected chi connectivity index (χ1v) is 12.2. The van der Waals surface area contributed by atoms with Crippen LogP contribution in [0.15, 0.2) is 23.1 Å². The summed E-state index contributed by atoms with van der Waals surface area (Å²) in [6.07, 6.45) is 0. The van der Waals surface area contributed by atoms with Crippen LogP contribution in [0.1, 0.15) is 24.2 Å². The van der Waals surface area contributed by atoms with E-state index in [0.29, 0.717) is 45.9 Å². The van der Waals surface area contributed by atoms with E-state index in [0.717, 1.165) is 13.1 Å². The minimum atomic E-state index is -3.74. The first-order valence-electron chi connectivity index (χ1n) is 10.4. The van der Waals surface area contributed by atoms with Gasteiger partial charge < -0.3 is 14.5 Å². The summed E-state index contributed by atoms with van der Waals surface area (Å²) < 4.78 is 32.7. The number of sulfonamides is 1. The first kappa shape index (κ1) is 23.9. The van der Waals surface area contributed by atoms with Gasteiger partial charge in [-0.1, -0.05) is 11.6 Å². The molecule has 0 unspecified atom stereocenters. The second-order valence-corrected chi connectivity index (χ2v) is 10.1. The van der Waals surface area contributed by atoms with Gasteiger partial charge in [0, 0.05) is 45.3 Å². The number of carbonyl (C=O) groups is 2. The fraction of sp³-hybridized carbons (Fsp3) is 0.600. The minimum Gasteiger partial charge on any atom is -0.379 e. The monoisotopic (exact) mass is 472 g/mol. The van der Waals surface area contributed by atoms with E-state index in [-0.39, 0.29) is 33.3 Å². The average Bonchev–Trinajstić information content (AvgIpc) is 2.73. The molecule has 0 atom stereocenters. The maximum Gasteiger partial charge on any atom is 0.255 e. The van der Waals surface area contributed by atoms with Gasteiger partial charge in [-0.3, -0.25) is 14.5 Å². The Kier molecular flexibility index (Phi) is 7.92. The fourth-order valence-corrected chi connectivity index (χ4v) is 5.07. The molecule has 2 amide bonds. The Morgan fingerprint density at radius 2 is 1.68 bits per heavy atom. The van der Waals surface area contributed by atoms with Gasteiger partial charge >= 0.3 is 0 Å². The van der Waals surface area contributed by atoms with Crippen LogP contribution in [0.4, 0.5) is 0 Å². The second-order valence-electron chi connectivity index (χ2n) is 7.98. The van der Waals surface area contributed by atoms with Crippen LogP contribution < -0.4 is 4.72 Å². The number of nitrogens with one attached hydrogen (secondary N) is 1. The molecule has 0 aromatic heterocycles. The van der Waals surface area contributed by atoms with Crippen LogP contribution in [0.25, 0.3) is 0 Å². The summed E-state index contributed by atoms with van der Waals surface area (Å²) in [4.78, 5) is 31.0. The lowest BCUT2D eigenvalue weighted by atomic mass is 10.1. The van der Waals surface area contributed by atoms with Crippen molar-refractivity contribution in [3.8, 4) is 0 Å². The summed E-state index contributed by atoms with van der Waals surface area (Å²) in [5.74, 6) is -0.299. The van der Waals surface area contributed by atoms with Gasteiger partial charge in [0.1, 0.15) is 0 Å². The van der Waals surface area contributed by atoms with Crippen LogP contribution in [0.5, 0.6) is 0 Å². The van der Waals surface area contributed by atoms with Crippen LogP contribution in [0.3, 0.4) is 0 Å². The summed E-state index contributed by atoms with van der Waals surface area (Å²) in [5.41, 5.74) is 0.140. The largest absolute Gasteiger partial charge is 0.379 e. The molecular weight excluding hydrogens is 444 g/mol. The van der Waals surface area contributed by atoms with E-state index in [1.165, 1.54) is 18.2 Å². The van der Waals surface area contributed by atoms with Crippen LogP contribution in [-0.2, 0) is 19.6 Å². The van der Waals surface area contributed by atoms with Gasteiger partial charge in [-0.15, -0.1) is 0 Å². The molecule has 0 bridgehead atoms. The van der Waals surface area contributed by atoms with Crippen molar-refractivity contribution in [3.05, 3.63) is 28.8 Å². The molecule has 0 saturated carbocycles. The van der Waals surface area contributed by atoms with E-state index < -0.39 is 10.0 Å². The molecule has 1 aromatic rings. The Balaban J connectivity index is 1.62. The van der Waals surface area contributed by atoms with E-state index >= 15 is 0 Å². The van der Waals surface area contributed by atoms with Crippen LogP contribution >= 0.6 is 11.6 Å². The van der Waals surface area contributed by atoms with Crippen molar-refractivity contribution in [2.75, 3.05) is 59.0 Å². The van der Waals surface area contributed by atoms with Gasteiger partial charge in [0.05, 0.1) is 35.2 Å². The number of morpholine rings is 1. The molecule has 0 aliphatic carbocycles. The van der Waals surface area contributed by atoms with Crippen molar-refractivity contribution in [1.29, 1.82) is 0 Å². The molecule has 0 radical (unpaired) electrons. The van der Waals surface area contributed by atoms with Gasteiger partial charge in [0.25, 0.3) is 5.91 Å². The third kappa shape index (κ3) is 6.17. The molecule has 2 heterocycles. The number of ether oxygens (including phenoxy) is 1. The van der Waals surface area contributed by atoms with Gasteiger partial charge in [0.15, 0.2) is 0 Å². The summed E-state index contributed by atoms with van der Waals surface area (Å²) in [5, 5.41) is 0.194. The third-order valence-corrected chi connectivity index (χ3v) is 7.24. The summed E-state index contributed by atoms with van der Waals surface area (Å²) >= 11 is 6.21. The molecule has 11 heteroatoms. The van der Waals surface area contributed by atoms with Crippen LogP contribution in [-0.4, -0.2) is 100 Å². The van der Waals surface area contributed by atoms with Crippen molar-refractivity contribution in [1.82, 2.24) is 19.4 Å². The van der Waals surface area contributed by atoms with Crippen molar-refractivity contribution < 1.29 is 22.7 Å². The zero-order chi connectivity index (χ0) is 22.6. The molecule has 172 valence electrons. The summed E-state index contributed by atoms with van der Waals surface area (Å²) in [7, 11) is -3.74. The molecule has 0 spiro atoms. The highest BCUT2D eigenvalue weighted by Gasteiger charge is 2.28. The Morgan fingerprint density at radius 3 is 2.29 bits per heavy atom. The lowest BCUT2D eigenvalue weighted by Crippen LogP contribution is -2.53. The van der Waals surface area contributed by atoms with Crippen molar-refractivity contribution in [2.45, 2.75) is 24.8 Å². The quantitative estimate of drug-likeness (QED) is 0.652. The van der Waals surface area contributed by atoms with E-state index in [4.69, 9.17) is 16.3 Å². The molecule has 2 aliphatic heterocycles. The van der Waals surface area contributed by atoms with Crippen LogP contribution in [0.2, 0.25) is 5.02 Å². The number of hydrogen-bond acceptors (Lipinski definition) is 6. The van der Waals surface area contributed by atoms with Crippen molar-refractivity contribution >= 4 is 33.4 Å². The number of halogens is 1. The van der Waals surface area contributed by atoms with Gasteiger partial charge in [-0.25, -0.2) is 13.1 Å². The van der Waals surface area contributed by atoms with E-state index in [1.807, 2.05) is 0 Å². The fourth-order valence-electron chi connectivity index (χ4n) is 3.59. The number of amides is 2. The van der Waals surface area contributed by atoms with E-state index in [9.17, 15) is 18.0 Å². The zero-order valence-electron chi connectivity index (χ0n) is 17.8. The number of piperazine rings is 1. The lowest BCUT2D eigenvalue weighted by Gasteiger charge is -2.36. The SMILES string of the molecule is CC(C)NS(=O)(=O)c1ccc(Cl)c(C(=O)N2CCN(C(=O)CN3CCOCC3)CC2)c1. The number of nitrogens with zero attached hydrogens (tertiary/aromatic N) is 3. The zero-order valence-corrected chi connectivity index (χ0v) is 19.4. The maximum absolute atomic E-state index is 13.0. The topological polar surface area (TPSA) is 99.3 Å². The molecule has 9 nitrogen and oxygen atoms in total. The minimum absolute atomic E-state index is 0.00623.